The Labute approximate surface area is 92.4 Å². The summed E-state index contributed by atoms with van der Waals surface area (Å²) in [5.41, 5.74) is 7.35. The van der Waals surface area contributed by atoms with Crippen LogP contribution in [0.15, 0.2) is 24.3 Å². The number of benzene rings is 1. The minimum atomic E-state index is -0.144. The Balaban J connectivity index is 2.73. The van der Waals surface area contributed by atoms with Crippen LogP contribution in [0, 0.1) is 5.92 Å². The minimum Gasteiger partial charge on any atom is -0.497 e. The number of hydrogen-bond acceptors (Lipinski definition) is 2. The van der Waals surface area contributed by atoms with Crippen molar-refractivity contribution in [3.63, 3.8) is 0 Å². The maximum absolute atomic E-state index is 6.23. The van der Waals surface area contributed by atoms with Crippen molar-refractivity contribution in [2.24, 2.45) is 11.7 Å². The lowest BCUT2D eigenvalue weighted by atomic mass is 9.84. The summed E-state index contributed by atoms with van der Waals surface area (Å²) in [7, 11) is 1.68. The van der Waals surface area contributed by atoms with Gasteiger partial charge in [-0.1, -0.05) is 26.0 Å². The Morgan fingerprint density at radius 2 is 1.80 bits per heavy atom. The first-order chi connectivity index (χ1) is 6.95. The monoisotopic (exact) mass is 207 g/mol. The molecule has 1 aromatic rings. The van der Waals surface area contributed by atoms with Gasteiger partial charge in [0, 0.05) is 5.54 Å². The van der Waals surface area contributed by atoms with E-state index in [1.165, 1.54) is 5.56 Å². The van der Waals surface area contributed by atoms with E-state index in [0.717, 1.165) is 12.2 Å². The average Bonchev–Trinajstić information content (AvgIpc) is 2.18. The molecule has 2 N–H and O–H groups in total. The van der Waals surface area contributed by atoms with E-state index in [0.29, 0.717) is 5.92 Å². The number of methoxy groups -OCH3 is 1. The molecule has 2 nitrogen and oxygen atoms in total. The lowest BCUT2D eigenvalue weighted by Crippen LogP contribution is -2.43. The van der Waals surface area contributed by atoms with Crippen molar-refractivity contribution in [3.8, 4) is 5.75 Å². The predicted octanol–water partition coefficient (Wildman–Crippen LogP) is 2.61. The molecule has 84 valence electrons. The zero-order valence-corrected chi connectivity index (χ0v) is 10.1. The van der Waals surface area contributed by atoms with Crippen LogP contribution in [-0.4, -0.2) is 12.6 Å². The van der Waals surface area contributed by atoms with Crippen LogP contribution in [0.25, 0.3) is 0 Å². The Kier molecular flexibility index (Phi) is 3.75. The summed E-state index contributed by atoms with van der Waals surface area (Å²) in [6.07, 6.45) is 0.897. The summed E-state index contributed by atoms with van der Waals surface area (Å²) >= 11 is 0. The number of rotatable bonds is 4. The molecule has 0 aliphatic rings. The molecular weight excluding hydrogens is 186 g/mol. The number of hydrogen-bond donors (Lipinski definition) is 1. The molecule has 0 fully saturated rings. The highest BCUT2D eigenvalue weighted by Crippen LogP contribution is 2.20. The van der Waals surface area contributed by atoms with Gasteiger partial charge < -0.3 is 10.5 Å². The Bertz CT molecular complexity index is 301. The fraction of sp³-hybridized carbons (Fsp3) is 0.538. The van der Waals surface area contributed by atoms with Crippen molar-refractivity contribution < 1.29 is 4.74 Å². The predicted molar refractivity (Wildman–Crippen MR) is 64.1 cm³/mol. The largest absolute Gasteiger partial charge is 0.497 e. The second kappa shape index (κ2) is 4.67. The van der Waals surface area contributed by atoms with Crippen LogP contribution in [0.4, 0.5) is 0 Å². The molecule has 0 amide bonds. The maximum atomic E-state index is 6.23. The Morgan fingerprint density at radius 1 is 1.27 bits per heavy atom. The summed E-state index contributed by atoms with van der Waals surface area (Å²) in [6, 6.07) is 8.11. The highest BCUT2D eigenvalue weighted by Gasteiger charge is 2.22. The zero-order valence-electron chi connectivity index (χ0n) is 10.1. The summed E-state index contributed by atoms with van der Waals surface area (Å²) < 4.78 is 5.12. The van der Waals surface area contributed by atoms with Crippen LogP contribution in [0.1, 0.15) is 26.3 Å². The second-order valence-electron chi connectivity index (χ2n) is 4.69. The molecule has 1 aromatic carbocycles. The number of ether oxygens (including phenoxy) is 1. The number of nitrogens with two attached hydrogens (primary N) is 1. The van der Waals surface area contributed by atoms with E-state index in [2.05, 4.69) is 32.9 Å². The van der Waals surface area contributed by atoms with Gasteiger partial charge in [0.25, 0.3) is 0 Å². The van der Waals surface area contributed by atoms with Gasteiger partial charge in [0.1, 0.15) is 5.75 Å². The highest BCUT2D eigenvalue weighted by molar-refractivity contribution is 5.28. The van der Waals surface area contributed by atoms with E-state index in [-0.39, 0.29) is 5.54 Å². The first kappa shape index (κ1) is 12.1. The van der Waals surface area contributed by atoms with Crippen molar-refractivity contribution in [2.75, 3.05) is 7.11 Å². The van der Waals surface area contributed by atoms with E-state index in [1.807, 2.05) is 12.1 Å². The maximum Gasteiger partial charge on any atom is 0.118 e. The van der Waals surface area contributed by atoms with Crippen molar-refractivity contribution in [2.45, 2.75) is 32.7 Å². The van der Waals surface area contributed by atoms with Crippen LogP contribution >= 0.6 is 0 Å². The molecule has 0 aliphatic heterocycles. The van der Waals surface area contributed by atoms with Crippen molar-refractivity contribution in [1.82, 2.24) is 0 Å². The molecule has 0 saturated carbocycles. The average molecular weight is 207 g/mol. The third kappa shape index (κ3) is 3.24. The fourth-order valence-electron chi connectivity index (χ4n) is 1.39. The van der Waals surface area contributed by atoms with Gasteiger partial charge in [0.2, 0.25) is 0 Å². The van der Waals surface area contributed by atoms with Gasteiger partial charge in [0.05, 0.1) is 7.11 Å². The molecule has 2 heteroatoms. The van der Waals surface area contributed by atoms with Crippen LogP contribution in [0.3, 0.4) is 0 Å². The lowest BCUT2D eigenvalue weighted by Gasteiger charge is -2.29. The molecule has 0 heterocycles. The summed E-state index contributed by atoms with van der Waals surface area (Å²) in [5, 5.41) is 0. The van der Waals surface area contributed by atoms with E-state index in [4.69, 9.17) is 10.5 Å². The molecule has 0 saturated heterocycles. The minimum absolute atomic E-state index is 0.144. The lowest BCUT2D eigenvalue weighted by molar-refractivity contribution is 0.337. The van der Waals surface area contributed by atoms with Gasteiger partial charge in [0.15, 0.2) is 0 Å². The molecule has 1 unspecified atom stereocenters. The van der Waals surface area contributed by atoms with Gasteiger partial charge in [-0.2, -0.15) is 0 Å². The summed E-state index contributed by atoms with van der Waals surface area (Å²) in [6.45, 7) is 6.41. The quantitative estimate of drug-likeness (QED) is 0.823. The topological polar surface area (TPSA) is 35.2 Å². The fourth-order valence-corrected chi connectivity index (χ4v) is 1.39. The van der Waals surface area contributed by atoms with Crippen LogP contribution in [0.2, 0.25) is 0 Å². The Morgan fingerprint density at radius 3 is 2.20 bits per heavy atom. The van der Waals surface area contributed by atoms with Crippen LogP contribution < -0.4 is 10.5 Å². The van der Waals surface area contributed by atoms with Gasteiger partial charge in [-0.25, -0.2) is 0 Å². The van der Waals surface area contributed by atoms with Gasteiger partial charge >= 0.3 is 0 Å². The van der Waals surface area contributed by atoms with E-state index >= 15 is 0 Å². The van der Waals surface area contributed by atoms with Gasteiger partial charge in [-0.05, 0) is 37.0 Å². The third-order valence-corrected chi connectivity index (χ3v) is 3.06. The highest BCUT2D eigenvalue weighted by atomic mass is 16.5. The van der Waals surface area contributed by atoms with Gasteiger partial charge in [-0.3, -0.25) is 0 Å². The van der Waals surface area contributed by atoms with E-state index in [9.17, 15) is 0 Å². The normalized spacial score (nSPS) is 15.1. The van der Waals surface area contributed by atoms with Crippen LogP contribution in [0.5, 0.6) is 5.75 Å². The van der Waals surface area contributed by atoms with Crippen molar-refractivity contribution >= 4 is 0 Å². The summed E-state index contributed by atoms with van der Waals surface area (Å²) in [4.78, 5) is 0. The smallest absolute Gasteiger partial charge is 0.118 e. The van der Waals surface area contributed by atoms with E-state index in [1.54, 1.807) is 7.11 Å². The van der Waals surface area contributed by atoms with E-state index < -0.39 is 0 Å². The standard InChI is InChI=1S/C13H21NO/c1-10(2)13(3,14)9-11-5-7-12(15-4)8-6-11/h5-8,10H,9,14H2,1-4H3. The second-order valence-corrected chi connectivity index (χ2v) is 4.69. The van der Waals surface area contributed by atoms with Crippen molar-refractivity contribution in [1.29, 1.82) is 0 Å². The first-order valence-corrected chi connectivity index (χ1v) is 5.37. The molecular formula is C13H21NO. The first-order valence-electron chi connectivity index (χ1n) is 5.37. The molecule has 0 spiro atoms. The molecule has 0 radical (unpaired) electrons. The third-order valence-electron chi connectivity index (χ3n) is 3.06. The van der Waals surface area contributed by atoms with Crippen LogP contribution in [-0.2, 0) is 6.42 Å². The SMILES string of the molecule is COc1ccc(CC(C)(N)C(C)C)cc1. The molecule has 1 atom stereocenters. The molecule has 0 bridgehead atoms. The Hall–Kier alpha value is -1.02. The van der Waals surface area contributed by atoms with Gasteiger partial charge in [-0.15, -0.1) is 0 Å². The molecule has 15 heavy (non-hydrogen) atoms. The van der Waals surface area contributed by atoms with Crippen molar-refractivity contribution in [3.05, 3.63) is 29.8 Å². The summed E-state index contributed by atoms with van der Waals surface area (Å²) in [5.74, 6) is 1.36. The zero-order chi connectivity index (χ0) is 11.5. The molecule has 0 aromatic heterocycles. The molecule has 0 aliphatic carbocycles. The molecule has 1 rings (SSSR count).